The number of phenolic OH excluding ortho intramolecular Hbond substituents is 1. The second-order valence-electron chi connectivity index (χ2n) is 4.23. The molecule has 1 saturated heterocycles. The van der Waals surface area contributed by atoms with E-state index in [2.05, 4.69) is 0 Å². The van der Waals surface area contributed by atoms with Crippen LogP contribution in [0.2, 0.25) is 0 Å². The van der Waals surface area contributed by atoms with E-state index in [9.17, 15) is 9.90 Å². The average Bonchev–Trinajstić information content (AvgIpc) is 2.63. The van der Waals surface area contributed by atoms with E-state index in [-0.39, 0.29) is 24.2 Å². The second kappa shape index (κ2) is 4.14. The molecule has 0 radical (unpaired) electrons. The molecule has 0 aliphatic carbocycles. The normalized spacial score (nSPS) is 20.5. The molecule has 4 heteroatoms. The van der Waals surface area contributed by atoms with E-state index in [1.54, 1.807) is 23.1 Å². The Morgan fingerprint density at radius 3 is 2.88 bits per heavy atom. The SMILES string of the molecule is Cc1ccc(O)cc1N1CC(CO)CC1=O. The van der Waals surface area contributed by atoms with Crippen molar-refractivity contribution in [1.82, 2.24) is 0 Å². The third-order valence-corrected chi connectivity index (χ3v) is 2.95. The number of carbonyl (C=O) groups is 1. The molecule has 2 N–H and O–H groups in total. The molecule has 1 amide bonds. The lowest BCUT2D eigenvalue weighted by Crippen LogP contribution is -2.25. The summed E-state index contributed by atoms with van der Waals surface area (Å²) in [5.74, 6) is 0.169. The Kier molecular flexibility index (Phi) is 2.83. The molecule has 16 heavy (non-hydrogen) atoms. The number of phenols is 1. The van der Waals surface area contributed by atoms with Crippen molar-refractivity contribution in [3.63, 3.8) is 0 Å². The molecule has 0 saturated carbocycles. The van der Waals surface area contributed by atoms with Crippen molar-refractivity contribution in [1.29, 1.82) is 0 Å². The molecule has 4 nitrogen and oxygen atoms in total. The highest BCUT2D eigenvalue weighted by Crippen LogP contribution is 2.30. The summed E-state index contributed by atoms with van der Waals surface area (Å²) in [5.41, 5.74) is 1.69. The predicted octanol–water partition coefficient (Wildman–Crippen LogP) is 1.05. The van der Waals surface area contributed by atoms with Crippen molar-refractivity contribution >= 4 is 11.6 Å². The highest BCUT2D eigenvalue weighted by Gasteiger charge is 2.30. The smallest absolute Gasteiger partial charge is 0.227 e. The van der Waals surface area contributed by atoms with Gasteiger partial charge in [0.2, 0.25) is 5.91 Å². The van der Waals surface area contributed by atoms with Gasteiger partial charge in [0, 0.05) is 31.6 Å². The van der Waals surface area contributed by atoms with Crippen LogP contribution in [0.4, 0.5) is 5.69 Å². The minimum atomic E-state index is 0.00718. The van der Waals surface area contributed by atoms with E-state index in [4.69, 9.17) is 5.11 Å². The number of benzene rings is 1. The maximum absolute atomic E-state index is 11.7. The molecule has 1 heterocycles. The lowest BCUT2D eigenvalue weighted by atomic mass is 10.1. The number of rotatable bonds is 2. The van der Waals surface area contributed by atoms with Gasteiger partial charge in [-0.15, -0.1) is 0 Å². The zero-order valence-corrected chi connectivity index (χ0v) is 9.18. The Morgan fingerprint density at radius 2 is 2.25 bits per heavy atom. The minimum absolute atomic E-state index is 0.00718. The van der Waals surface area contributed by atoms with Crippen LogP contribution in [0.25, 0.3) is 0 Å². The maximum Gasteiger partial charge on any atom is 0.227 e. The van der Waals surface area contributed by atoms with Crippen molar-refractivity contribution in [2.24, 2.45) is 5.92 Å². The number of aromatic hydroxyl groups is 1. The van der Waals surface area contributed by atoms with Gasteiger partial charge in [-0.3, -0.25) is 4.79 Å². The first-order valence-corrected chi connectivity index (χ1v) is 5.32. The molecule has 86 valence electrons. The molecule has 1 aliphatic heterocycles. The summed E-state index contributed by atoms with van der Waals surface area (Å²) in [6, 6.07) is 4.97. The Hall–Kier alpha value is -1.55. The first-order chi connectivity index (χ1) is 7.61. The lowest BCUT2D eigenvalue weighted by molar-refractivity contribution is -0.117. The summed E-state index contributed by atoms with van der Waals surface area (Å²) >= 11 is 0. The molecule has 1 unspecified atom stereocenters. The quantitative estimate of drug-likeness (QED) is 0.784. The lowest BCUT2D eigenvalue weighted by Gasteiger charge is -2.19. The first-order valence-electron chi connectivity index (χ1n) is 5.32. The topological polar surface area (TPSA) is 60.8 Å². The standard InChI is InChI=1S/C12H15NO3/c1-8-2-3-10(15)5-11(8)13-6-9(7-14)4-12(13)16/h2-3,5,9,14-15H,4,6-7H2,1H3. The zero-order valence-electron chi connectivity index (χ0n) is 9.18. The van der Waals surface area contributed by atoms with E-state index in [0.29, 0.717) is 13.0 Å². The third kappa shape index (κ3) is 1.88. The second-order valence-corrected chi connectivity index (χ2v) is 4.23. The van der Waals surface area contributed by atoms with Crippen molar-refractivity contribution in [2.45, 2.75) is 13.3 Å². The molecule has 1 atom stereocenters. The van der Waals surface area contributed by atoms with Crippen molar-refractivity contribution in [3.8, 4) is 5.75 Å². The van der Waals surface area contributed by atoms with Gasteiger partial charge in [-0.2, -0.15) is 0 Å². The fourth-order valence-electron chi connectivity index (χ4n) is 2.03. The fraction of sp³-hybridized carbons (Fsp3) is 0.417. The number of anilines is 1. The minimum Gasteiger partial charge on any atom is -0.508 e. The molecule has 1 aromatic rings. The van der Waals surface area contributed by atoms with Crippen LogP contribution in [0, 0.1) is 12.8 Å². The van der Waals surface area contributed by atoms with Crippen molar-refractivity contribution < 1.29 is 15.0 Å². The number of hydrogen-bond acceptors (Lipinski definition) is 3. The highest BCUT2D eigenvalue weighted by molar-refractivity contribution is 5.96. The Balaban J connectivity index is 2.30. The van der Waals surface area contributed by atoms with Gasteiger partial charge in [0.1, 0.15) is 5.75 Å². The molecule has 0 aromatic heterocycles. The largest absolute Gasteiger partial charge is 0.508 e. The molecule has 2 rings (SSSR count). The van der Waals surface area contributed by atoms with E-state index >= 15 is 0 Å². The predicted molar refractivity (Wildman–Crippen MR) is 60.4 cm³/mol. The van der Waals surface area contributed by atoms with Gasteiger partial charge in [-0.1, -0.05) is 6.07 Å². The summed E-state index contributed by atoms with van der Waals surface area (Å²) < 4.78 is 0. The molecule has 0 bridgehead atoms. The van der Waals surface area contributed by atoms with Crippen LogP contribution >= 0.6 is 0 Å². The maximum atomic E-state index is 11.7. The number of nitrogens with zero attached hydrogens (tertiary/aromatic N) is 1. The number of carbonyl (C=O) groups excluding carboxylic acids is 1. The monoisotopic (exact) mass is 221 g/mol. The number of hydrogen-bond donors (Lipinski definition) is 2. The number of amides is 1. The van der Waals surface area contributed by atoms with Gasteiger partial charge < -0.3 is 15.1 Å². The summed E-state index contributed by atoms with van der Waals surface area (Å²) in [6.07, 6.45) is 0.381. The highest BCUT2D eigenvalue weighted by atomic mass is 16.3. The first kappa shape index (κ1) is 11.0. The summed E-state index contributed by atoms with van der Waals surface area (Å²) in [6.45, 7) is 2.45. The molecular weight excluding hydrogens is 206 g/mol. The van der Waals surface area contributed by atoms with E-state index < -0.39 is 0 Å². The Bertz CT molecular complexity index is 417. The van der Waals surface area contributed by atoms with E-state index in [1.165, 1.54) is 0 Å². The fourth-order valence-corrected chi connectivity index (χ4v) is 2.03. The Labute approximate surface area is 94.1 Å². The zero-order chi connectivity index (χ0) is 11.7. The van der Waals surface area contributed by atoms with Gasteiger partial charge in [0.15, 0.2) is 0 Å². The van der Waals surface area contributed by atoms with Gasteiger partial charge in [0.05, 0.1) is 5.69 Å². The van der Waals surface area contributed by atoms with E-state index in [1.807, 2.05) is 6.92 Å². The van der Waals surface area contributed by atoms with Crippen LogP contribution in [0.15, 0.2) is 18.2 Å². The van der Waals surface area contributed by atoms with Gasteiger partial charge in [0.25, 0.3) is 0 Å². The van der Waals surface area contributed by atoms with Gasteiger partial charge in [-0.05, 0) is 18.6 Å². The van der Waals surface area contributed by atoms with Crippen molar-refractivity contribution in [2.75, 3.05) is 18.1 Å². The third-order valence-electron chi connectivity index (χ3n) is 2.95. The molecule has 1 aliphatic rings. The summed E-state index contributed by atoms with van der Waals surface area (Å²) in [4.78, 5) is 13.4. The number of aryl methyl sites for hydroxylation is 1. The molecule has 1 aromatic carbocycles. The van der Waals surface area contributed by atoms with Crippen LogP contribution in [0.1, 0.15) is 12.0 Å². The van der Waals surface area contributed by atoms with Crippen LogP contribution < -0.4 is 4.90 Å². The average molecular weight is 221 g/mol. The van der Waals surface area contributed by atoms with Gasteiger partial charge in [-0.25, -0.2) is 0 Å². The summed E-state index contributed by atoms with van der Waals surface area (Å²) in [7, 11) is 0. The molecular formula is C12H15NO3. The number of aliphatic hydroxyl groups excluding tert-OH is 1. The number of aliphatic hydroxyl groups is 1. The van der Waals surface area contributed by atoms with Crippen LogP contribution in [0.3, 0.4) is 0 Å². The van der Waals surface area contributed by atoms with E-state index in [0.717, 1.165) is 11.3 Å². The van der Waals surface area contributed by atoms with Crippen molar-refractivity contribution in [3.05, 3.63) is 23.8 Å². The van der Waals surface area contributed by atoms with Crippen LogP contribution in [-0.4, -0.2) is 29.3 Å². The summed E-state index contributed by atoms with van der Waals surface area (Å²) in [5, 5.41) is 18.5. The Morgan fingerprint density at radius 1 is 1.50 bits per heavy atom. The van der Waals surface area contributed by atoms with Crippen LogP contribution in [0.5, 0.6) is 5.75 Å². The van der Waals surface area contributed by atoms with Gasteiger partial charge >= 0.3 is 0 Å². The van der Waals surface area contributed by atoms with Crippen LogP contribution in [-0.2, 0) is 4.79 Å². The molecule has 0 spiro atoms. The molecule has 1 fully saturated rings.